The fourth-order valence-corrected chi connectivity index (χ4v) is 9.05. The number of ether oxygens (including phenoxy) is 2. The highest BCUT2D eigenvalue weighted by Gasteiger charge is 2.72. The fraction of sp³-hybridized carbons (Fsp3) is 0.893. The van der Waals surface area contributed by atoms with E-state index in [1.54, 1.807) is 0 Å². The van der Waals surface area contributed by atoms with E-state index in [9.17, 15) is 14.4 Å². The Morgan fingerprint density at radius 2 is 1.65 bits per heavy atom. The van der Waals surface area contributed by atoms with Gasteiger partial charge in [0.05, 0.1) is 0 Å². The van der Waals surface area contributed by atoms with Crippen molar-refractivity contribution in [2.24, 2.45) is 39.4 Å². The predicted octanol–water partition coefficient (Wildman–Crippen LogP) is 5.76. The Kier molecular flexibility index (Phi) is 6.39. The van der Waals surface area contributed by atoms with Crippen LogP contribution in [0.2, 0.25) is 0 Å². The van der Waals surface area contributed by atoms with E-state index in [0.717, 1.165) is 32.1 Å². The van der Waals surface area contributed by atoms with Gasteiger partial charge >= 0.3 is 17.9 Å². The summed E-state index contributed by atoms with van der Waals surface area (Å²) in [6.07, 6.45) is 7.38. The summed E-state index contributed by atoms with van der Waals surface area (Å²) in [5, 5.41) is 9.15. The lowest BCUT2D eigenvalue weighted by Crippen LogP contribution is -2.64. The van der Waals surface area contributed by atoms with E-state index in [1.807, 2.05) is 13.8 Å². The van der Waals surface area contributed by atoms with E-state index in [1.165, 1.54) is 12.8 Å². The Labute approximate surface area is 204 Å². The minimum absolute atomic E-state index is 0.0253. The molecule has 1 N–H and O–H groups in total. The van der Waals surface area contributed by atoms with E-state index >= 15 is 0 Å². The smallest absolute Gasteiger partial charge is 0.317 e. The fourth-order valence-electron chi connectivity index (χ4n) is 9.05. The van der Waals surface area contributed by atoms with E-state index in [0.29, 0.717) is 18.8 Å². The minimum Gasteiger partial charge on any atom is -0.481 e. The molecule has 2 bridgehead atoms. The van der Waals surface area contributed by atoms with Crippen LogP contribution in [-0.4, -0.2) is 35.2 Å². The molecule has 0 unspecified atom stereocenters. The van der Waals surface area contributed by atoms with E-state index in [-0.39, 0.29) is 51.7 Å². The van der Waals surface area contributed by atoms with Crippen LogP contribution in [0.15, 0.2) is 0 Å². The summed E-state index contributed by atoms with van der Waals surface area (Å²) in [5.41, 5.74) is 0.242. The normalized spacial score (nSPS) is 42.4. The summed E-state index contributed by atoms with van der Waals surface area (Å²) < 4.78 is 12.1. The first-order valence-electron chi connectivity index (χ1n) is 13.3. The summed E-state index contributed by atoms with van der Waals surface area (Å²) in [5.74, 6) is -1.20. The monoisotopic (exact) mass is 476 g/mol. The lowest BCUT2D eigenvalue weighted by molar-refractivity contribution is -0.235. The Bertz CT molecular complexity index is 848. The first kappa shape index (κ1) is 25.5. The molecular formula is C28H44O6. The van der Waals surface area contributed by atoms with Crippen LogP contribution in [0.3, 0.4) is 0 Å². The maximum absolute atomic E-state index is 12.7. The minimum atomic E-state index is -1.16. The van der Waals surface area contributed by atoms with Crippen molar-refractivity contribution in [3.05, 3.63) is 0 Å². The zero-order valence-corrected chi connectivity index (χ0v) is 21.9. The molecule has 0 radical (unpaired) electrons. The molecule has 0 heterocycles. The summed E-state index contributed by atoms with van der Waals surface area (Å²) in [7, 11) is 0. The average Bonchev–Trinajstić information content (AvgIpc) is 2.99. The van der Waals surface area contributed by atoms with Gasteiger partial charge in [-0.3, -0.25) is 14.4 Å². The van der Waals surface area contributed by atoms with E-state index in [2.05, 4.69) is 27.7 Å². The van der Waals surface area contributed by atoms with Gasteiger partial charge in [-0.15, -0.1) is 0 Å². The maximum Gasteiger partial charge on any atom is 0.317 e. The highest BCUT2D eigenvalue weighted by Crippen LogP contribution is 2.76. The van der Waals surface area contributed by atoms with Gasteiger partial charge in [0.2, 0.25) is 0 Å². The number of carboxylic acids is 1. The van der Waals surface area contributed by atoms with Crippen molar-refractivity contribution in [3.8, 4) is 0 Å². The molecule has 0 saturated heterocycles. The summed E-state index contributed by atoms with van der Waals surface area (Å²) >= 11 is 0. The van der Waals surface area contributed by atoms with Gasteiger partial charge in [-0.05, 0) is 73.0 Å². The van der Waals surface area contributed by atoms with Gasteiger partial charge < -0.3 is 14.6 Å². The van der Waals surface area contributed by atoms with Crippen LogP contribution in [0.5, 0.6) is 0 Å². The molecule has 192 valence electrons. The molecule has 0 aliphatic heterocycles. The lowest BCUT2D eigenvalue weighted by Gasteiger charge is -2.68. The zero-order valence-electron chi connectivity index (χ0n) is 21.9. The third kappa shape index (κ3) is 4.07. The number of carbonyl (C=O) groups is 3. The number of hydrogen-bond acceptors (Lipinski definition) is 5. The molecule has 4 rings (SSSR count). The molecule has 0 aromatic carbocycles. The second-order valence-corrected chi connectivity index (χ2v) is 13.6. The molecule has 0 aromatic heterocycles. The van der Waals surface area contributed by atoms with Crippen LogP contribution in [0.25, 0.3) is 0 Å². The predicted molar refractivity (Wildman–Crippen MR) is 128 cm³/mol. The summed E-state index contributed by atoms with van der Waals surface area (Å²) in [6, 6.07) is 0. The molecule has 0 aromatic rings. The van der Waals surface area contributed by atoms with Crippen LogP contribution >= 0.6 is 0 Å². The number of aliphatic carboxylic acids is 1. The van der Waals surface area contributed by atoms with Gasteiger partial charge in [0.1, 0.15) is 18.6 Å². The Morgan fingerprint density at radius 3 is 2.29 bits per heavy atom. The maximum atomic E-state index is 12.7. The average molecular weight is 477 g/mol. The third-order valence-corrected chi connectivity index (χ3v) is 10.5. The number of carboxylic acid groups (broad SMARTS) is 1. The summed E-state index contributed by atoms with van der Waals surface area (Å²) in [4.78, 5) is 36.4. The molecule has 4 saturated carbocycles. The van der Waals surface area contributed by atoms with E-state index in [4.69, 9.17) is 14.6 Å². The Morgan fingerprint density at radius 1 is 0.941 bits per heavy atom. The van der Waals surface area contributed by atoms with Gasteiger partial charge in [-0.25, -0.2) is 0 Å². The molecular weight excluding hydrogens is 432 g/mol. The lowest BCUT2D eigenvalue weighted by atomic mass is 9.37. The molecule has 4 aliphatic rings. The molecule has 6 nitrogen and oxygen atoms in total. The highest BCUT2D eigenvalue weighted by molar-refractivity contribution is 5.90. The molecule has 7 atom stereocenters. The first-order chi connectivity index (χ1) is 15.7. The molecule has 1 spiro atoms. The van der Waals surface area contributed by atoms with Crippen LogP contribution in [0, 0.1) is 39.4 Å². The SMILES string of the molecule is CC(C)CC(=O)O[C@@H]1C[C@@H]2[C@@H](OC(=O)CC(=O)O)C[C@H]3C(C)(C)CCC[C@]3(C)[C@]23CC[C@@]1(C)C3. The van der Waals surface area contributed by atoms with Crippen LogP contribution in [0.4, 0.5) is 0 Å². The Balaban J connectivity index is 1.70. The van der Waals surface area contributed by atoms with Gasteiger partial charge in [-0.1, -0.05) is 48.0 Å². The van der Waals surface area contributed by atoms with Gasteiger partial charge in [0.25, 0.3) is 0 Å². The standard InChI is InChI=1S/C28H44O6/c1-17(2)12-23(31)34-21-13-18-19(33-24(32)15-22(29)30)14-20-25(3,4)8-7-9-27(20,6)28(18)11-10-26(21,5)16-28/h17-21H,7-16H2,1-6H3,(H,29,30)/t18-,19+,20+,21-,26+,27+,28+/m1/s1. The van der Waals surface area contributed by atoms with Crippen molar-refractivity contribution in [1.82, 2.24) is 0 Å². The number of rotatable bonds is 6. The van der Waals surface area contributed by atoms with Crippen molar-refractivity contribution in [3.63, 3.8) is 0 Å². The zero-order chi connectivity index (χ0) is 25.1. The number of hydrogen-bond donors (Lipinski definition) is 1. The quantitative estimate of drug-likeness (QED) is 0.387. The van der Waals surface area contributed by atoms with E-state index < -0.39 is 18.4 Å². The Hall–Kier alpha value is -1.59. The van der Waals surface area contributed by atoms with Crippen LogP contribution < -0.4 is 0 Å². The van der Waals surface area contributed by atoms with Crippen LogP contribution in [0.1, 0.15) is 106 Å². The second-order valence-electron chi connectivity index (χ2n) is 13.6. The second kappa shape index (κ2) is 8.51. The van der Waals surface area contributed by atoms with Gasteiger partial charge in [0.15, 0.2) is 0 Å². The van der Waals surface area contributed by atoms with Crippen molar-refractivity contribution >= 4 is 17.9 Å². The number of esters is 2. The largest absolute Gasteiger partial charge is 0.481 e. The van der Waals surface area contributed by atoms with Crippen molar-refractivity contribution in [2.45, 2.75) is 118 Å². The highest BCUT2D eigenvalue weighted by atomic mass is 16.6. The molecule has 6 heteroatoms. The van der Waals surface area contributed by atoms with Crippen molar-refractivity contribution < 1.29 is 29.0 Å². The molecule has 4 aliphatic carbocycles. The topological polar surface area (TPSA) is 89.9 Å². The first-order valence-corrected chi connectivity index (χ1v) is 13.3. The third-order valence-electron chi connectivity index (χ3n) is 10.5. The summed E-state index contributed by atoms with van der Waals surface area (Å²) in [6.45, 7) is 13.5. The number of fused-ring (bicyclic) bond motifs is 2. The van der Waals surface area contributed by atoms with Gasteiger partial charge in [0, 0.05) is 17.8 Å². The molecule has 0 amide bonds. The number of carbonyl (C=O) groups excluding carboxylic acids is 2. The van der Waals surface area contributed by atoms with Crippen molar-refractivity contribution in [2.75, 3.05) is 0 Å². The van der Waals surface area contributed by atoms with Gasteiger partial charge in [-0.2, -0.15) is 0 Å². The van der Waals surface area contributed by atoms with Crippen molar-refractivity contribution in [1.29, 1.82) is 0 Å². The molecule has 4 fully saturated rings. The molecule has 34 heavy (non-hydrogen) atoms. The van der Waals surface area contributed by atoms with Crippen LogP contribution in [-0.2, 0) is 23.9 Å².